The highest BCUT2D eigenvalue weighted by Gasteiger charge is 2.10. The number of fused-ring (bicyclic) bond motifs is 1. The summed E-state index contributed by atoms with van der Waals surface area (Å²) in [5.74, 6) is -0.127. The third-order valence-electron chi connectivity index (χ3n) is 4.30. The molecule has 0 radical (unpaired) electrons. The third-order valence-corrected chi connectivity index (χ3v) is 5.39. The fourth-order valence-electron chi connectivity index (χ4n) is 2.84. The van der Waals surface area contributed by atoms with Crippen molar-refractivity contribution in [1.82, 2.24) is 16.2 Å². The van der Waals surface area contributed by atoms with E-state index in [1.807, 2.05) is 61.5 Å². The number of thiocarbonyl (C=S) groups is 1. The molecule has 154 valence electrons. The molecular formula is C22H20BrN3O3S. The van der Waals surface area contributed by atoms with E-state index in [1.54, 1.807) is 6.07 Å². The molecule has 0 bridgehead atoms. The van der Waals surface area contributed by atoms with Crippen molar-refractivity contribution < 1.29 is 14.3 Å². The van der Waals surface area contributed by atoms with Crippen LogP contribution >= 0.6 is 28.1 Å². The Kier molecular flexibility index (Phi) is 7.37. The number of hydrazine groups is 1. The monoisotopic (exact) mass is 485 g/mol. The highest BCUT2D eigenvalue weighted by molar-refractivity contribution is 9.10. The molecule has 0 fully saturated rings. The quantitative estimate of drug-likeness (QED) is 0.380. The van der Waals surface area contributed by atoms with E-state index in [9.17, 15) is 9.59 Å². The van der Waals surface area contributed by atoms with Gasteiger partial charge in [0.25, 0.3) is 5.91 Å². The maximum Gasteiger partial charge on any atom is 0.276 e. The largest absolute Gasteiger partial charge is 0.484 e. The van der Waals surface area contributed by atoms with Crippen LogP contribution in [0.3, 0.4) is 0 Å². The lowest BCUT2D eigenvalue weighted by Crippen LogP contribution is -2.49. The summed E-state index contributed by atoms with van der Waals surface area (Å²) in [6, 6.07) is 19.1. The van der Waals surface area contributed by atoms with Gasteiger partial charge < -0.3 is 10.1 Å². The van der Waals surface area contributed by atoms with Gasteiger partial charge in [0.1, 0.15) is 5.75 Å². The van der Waals surface area contributed by atoms with Crippen LogP contribution in [0.1, 0.15) is 11.1 Å². The zero-order valence-corrected chi connectivity index (χ0v) is 18.6. The Labute approximate surface area is 188 Å². The first-order chi connectivity index (χ1) is 14.4. The molecule has 0 spiro atoms. The van der Waals surface area contributed by atoms with Crippen molar-refractivity contribution in [2.45, 2.75) is 13.3 Å². The van der Waals surface area contributed by atoms with Crippen molar-refractivity contribution in [2.75, 3.05) is 6.61 Å². The second-order valence-electron chi connectivity index (χ2n) is 6.57. The molecule has 30 heavy (non-hydrogen) atoms. The molecule has 3 aromatic carbocycles. The lowest BCUT2D eigenvalue weighted by molar-refractivity contribution is -0.124. The van der Waals surface area contributed by atoms with Gasteiger partial charge in [-0.3, -0.25) is 20.4 Å². The number of carbonyl (C=O) groups is 2. The Bertz CT molecular complexity index is 1100. The number of benzene rings is 3. The molecule has 0 aliphatic carbocycles. The summed E-state index contributed by atoms with van der Waals surface area (Å²) >= 11 is 8.47. The summed E-state index contributed by atoms with van der Waals surface area (Å²) in [5, 5.41) is 4.65. The minimum Gasteiger partial charge on any atom is -0.484 e. The van der Waals surface area contributed by atoms with Crippen molar-refractivity contribution in [3.05, 3.63) is 76.3 Å². The molecule has 0 saturated heterocycles. The van der Waals surface area contributed by atoms with Gasteiger partial charge in [-0.2, -0.15) is 0 Å². The smallest absolute Gasteiger partial charge is 0.276 e. The van der Waals surface area contributed by atoms with E-state index >= 15 is 0 Å². The summed E-state index contributed by atoms with van der Waals surface area (Å²) in [7, 11) is 0. The number of hydrogen-bond donors (Lipinski definition) is 3. The van der Waals surface area contributed by atoms with E-state index in [-0.39, 0.29) is 24.0 Å². The molecule has 2 amide bonds. The highest BCUT2D eigenvalue weighted by Crippen LogP contribution is 2.21. The average molecular weight is 486 g/mol. The number of ether oxygens (including phenoxy) is 1. The summed E-state index contributed by atoms with van der Waals surface area (Å²) in [5.41, 5.74) is 6.80. The predicted molar refractivity (Wildman–Crippen MR) is 124 cm³/mol. The van der Waals surface area contributed by atoms with Gasteiger partial charge in [0.15, 0.2) is 11.7 Å². The van der Waals surface area contributed by atoms with Crippen LogP contribution in [0.15, 0.2) is 65.1 Å². The highest BCUT2D eigenvalue weighted by atomic mass is 79.9. The van der Waals surface area contributed by atoms with Gasteiger partial charge in [-0.05, 0) is 59.2 Å². The molecule has 0 aliphatic heterocycles. The second kappa shape index (κ2) is 10.2. The van der Waals surface area contributed by atoms with Crippen molar-refractivity contribution in [1.29, 1.82) is 0 Å². The van der Waals surface area contributed by atoms with Gasteiger partial charge in [-0.25, -0.2) is 0 Å². The Morgan fingerprint density at radius 2 is 1.77 bits per heavy atom. The normalized spacial score (nSPS) is 10.3. The SMILES string of the molecule is Cc1cc(OCC(=O)NNC(=S)NC(=O)Cc2cccc3ccccc23)ccc1Br. The Hall–Kier alpha value is -2.97. The molecule has 3 aromatic rings. The van der Waals surface area contributed by atoms with Gasteiger partial charge in [-0.1, -0.05) is 58.4 Å². The maximum absolute atomic E-state index is 12.3. The van der Waals surface area contributed by atoms with Crippen LogP contribution in [0.5, 0.6) is 5.75 Å². The van der Waals surface area contributed by atoms with Crippen LogP contribution in [0.2, 0.25) is 0 Å². The predicted octanol–water partition coefficient (Wildman–Crippen LogP) is 3.55. The number of rotatable bonds is 5. The first-order valence-corrected chi connectivity index (χ1v) is 10.4. The minimum atomic E-state index is -0.429. The molecule has 0 atom stereocenters. The second-order valence-corrected chi connectivity index (χ2v) is 7.83. The number of nitrogens with one attached hydrogen (secondary N) is 3. The van der Waals surface area contributed by atoms with Crippen LogP contribution in [-0.2, 0) is 16.0 Å². The van der Waals surface area contributed by atoms with E-state index in [2.05, 4.69) is 32.1 Å². The van der Waals surface area contributed by atoms with E-state index in [0.29, 0.717) is 5.75 Å². The van der Waals surface area contributed by atoms with E-state index in [4.69, 9.17) is 17.0 Å². The van der Waals surface area contributed by atoms with Gasteiger partial charge in [-0.15, -0.1) is 0 Å². The van der Waals surface area contributed by atoms with Crippen LogP contribution in [0.25, 0.3) is 10.8 Å². The van der Waals surface area contributed by atoms with Crippen LogP contribution in [0.4, 0.5) is 0 Å². The molecule has 3 N–H and O–H groups in total. The molecule has 8 heteroatoms. The maximum atomic E-state index is 12.3. The van der Waals surface area contributed by atoms with Gasteiger partial charge in [0.2, 0.25) is 5.91 Å². The van der Waals surface area contributed by atoms with Crippen molar-refractivity contribution >= 4 is 55.8 Å². The first kappa shape index (κ1) is 21.7. The number of hydrogen-bond acceptors (Lipinski definition) is 4. The van der Waals surface area contributed by atoms with Crippen molar-refractivity contribution in [2.24, 2.45) is 0 Å². The summed E-state index contributed by atoms with van der Waals surface area (Å²) < 4.78 is 6.40. The van der Waals surface area contributed by atoms with Crippen LogP contribution < -0.4 is 20.9 Å². The molecule has 0 aliphatic rings. The Morgan fingerprint density at radius 3 is 2.57 bits per heavy atom. The topological polar surface area (TPSA) is 79.5 Å². The van der Waals surface area contributed by atoms with E-state index < -0.39 is 5.91 Å². The van der Waals surface area contributed by atoms with Gasteiger partial charge >= 0.3 is 0 Å². The average Bonchev–Trinajstić information content (AvgIpc) is 2.73. The molecule has 0 heterocycles. The lowest BCUT2D eigenvalue weighted by Gasteiger charge is -2.12. The molecule has 6 nitrogen and oxygen atoms in total. The summed E-state index contributed by atoms with van der Waals surface area (Å²) in [6.45, 7) is 1.73. The van der Waals surface area contributed by atoms with Crippen molar-refractivity contribution in [3.63, 3.8) is 0 Å². The Morgan fingerprint density at radius 1 is 1.00 bits per heavy atom. The zero-order valence-electron chi connectivity index (χ0n) is 16.2. The fourth-order valence-corrected chi connectivity index (χ4v) is 3.25. The molecule has 0 saturated carbocycles. The zero-order chi connectivity index (χ0) is 21.5. The van der Waals surface area contributed by atoms with Gasteiger partial charge in [0.05, 0.1) is 6.42 Å². The standard InChI is InChI=1S/C22H20BrN3O3S/c1-14-11-17(9-10-19(14)23)29-13-21(28)25-26-22(30)24-20(27)12-16-7-4-6-15-5-2-3-8-18(15)16/h2-11H,12-13H2,1H3,(H,25,28)(H2,24,26,27,30). The molecule has 0 unspecified atom stereocenters. The molecule has 3 rings (SSSR count). The van der Waals surface area contributed by atoms with Crippen LogP contribution in [-0.4, -0.2) is 23.5 Å². The van der Waals surface area contributed by atoms with Gasteiger partial charge in [0, 0.05) is 4.47 Å². The number of carbonyl (C=O) groups excluding carboxylic acids is 2. The fraction of sp³-hybridized carbons (Fsp3) is 0.136. The van der Waals surface area contributed by atoms with Crippen molar-refractivity contribution in [3.8, 4) is 5.75 Å². The number of halogens is 1. The van der Waals surface area contributed by atoms with E-state index in [0.717, 1.165) is 26.4 Å². The summed E-state index contributed by atoms with van der Waals surface area (Å²) in [4.78, 5) is 24.2. The lowest BCUT2D eigenvalue weighted by atomic mass is 10.0. The summed E-state index contributed by atoms with van der Waals surface area (Å²) in [6.07, 6.45) is 0.170. The Balaban J connectivity index is 1.44. The third kappa shape index (κ3) is 6.01. The van der Waals surface area contributed by atoms with Crippen LogP contribution in [0, 0.1) is 6.92 Å². The number of amides is 2. The molecular weight excluding hydrogens is 466 g/mol. The minimum absolute atomic E-state index is 0.00747. The molecule has 0 aromatic heterocycles. The number of aryl methyl sites for hydroxylation is 1. The first-order valence-electron chi connectivity index (χ1n) is 9.16. The van der Waals surface area contributed by atoms with E-state index in [1.165, 1.54) is 0 Å².